The van der Waals surface area contributed by atoms with Gasteiger partial charge in [-0.15, -0.1) is 0 Å². The summed E-state index contributed by atoms with van der Waals surface area (Å²) in [6, 6.07) is 0.634. The summed E-state index contributed by atoms with van der Waals surface area (Å²) in [5.41, 5.74) is 5.65. The highest BCUT2D eigenvalue weighted by atomic mass is 16.6. The Morgan fingerprint density at radius 2 is 2.07 bits per heavy atom. The van der Waals surface area contributed by atoms with E-state index in [9.17, 15) is 4.79 Å². The summed E-state index contributed by atoms with van der Waals surface area (Å²) >= 11 is 0. The van der Waals surface area contributed by atoms with Crippen molar-refractivity contribution >= 4 is 6.09 Å². The van der Waals surface area contributed by atoms with E-state index in [-0.39, 0.29) is 12.1 Å². The van der Waals surface area contributed by atoms with Gasteiger partial charge in [0, 0.05) is 6.04 Å². The fraction of sp³-hybridized carbons (Fsp3) is 0.909. The number of carbonyl (C=O) groups excluding carboxylic acids is 1. The zero-order chi connectivity index (χ0) is 10.8. The van der Waals surface area contributed by atoms with Crippen LogP contribution in [0.3, 0.4) is 0 Å². The number of carbonyl (C=O) groups is 1. The molecule has 4 nitrogen and oxygen atoms in total. The van der Waals surface area contributed by atoms with Crippen LogP contribution in [0.2, 0.25) is 0 Å². The van der Waals surface area contributed by atoms with Crippen LogP contribution in [0.4, 0.5) is 4.79 Å². The van der Waals surface area contributed by atoms with Gasteiger partial charge in [-0.2, -0.15) is 0 Å². The molecule has 1 amide bonds. The maximum absolute atomic E-state index is 11.5. The van der Waals surface area contributed by atoms with Gasteiger partial charge in [-0.05, 0) is 45.1 Å². The second-order valence-corrected chi connectivity index (χ2v) is 4.74. The third-order valence-corrected chi connectivity index (χ3v) is 3.68. The summed E-state index contributed by atoms with van der Waals surface area (Å²) in [7, 11) is 0. The van der Waals surface area contributed by atoms with Crippen LogP contribution >= 0.6 is 0 Å². The molecule has 1 unspecified atom stereocenters. The molecule has 0 spiro atoms. The summed E-state index contributed by atoms with van der Waals surface area (Å²) in [6.07, 6.45) is 4.34. The number of nitrogens with zero attached hydrogens (tertiary/aromatic N) is 1. The molecule has 0 aromatic heterocycles. The molecule has 0 bridgehead atoms. The lowest BCUT2D eigenvalue weighted by Gasteiger charge is -2.34. The standard InChI is InChI=1S/C11H20N2O2/c1-8-7-15-11(14)13(8)10-4-2-9(6-12)3-5-10/h8-10H,2-7,12H2,1H3. The van der Waals surface area contributed by atoms with E-state index in [4.69, 9.17) is 10.5 Å². The molecule has 2 aliphatic rings. The van der Waals surface area contributed by atoms with Crippen molar-refractivity contribution in [1.82, 2.24) is 4.90 Å². The molecule has 1 aliphatic heterocycles. The highest BCUT2D eigenvalue weighted by molar-refractivity contribution is 5.70. The van der Waals surface area contributed by atoms with Crippen molar-refractivity contribution in [2.24, 2.45) is 11.7 Å². The van der Waals surface area contributed by atoms with E-state index in [1.807, 2.05) is 4.90 Å². The van der Waals surface area contributed by atoms with Gasteiger partial charge in [-0.3, -0.25) is 4.90 Å². The van der Waals surface area contributed by atoms with Crippen LogP contribution in [-0.2, 0) is 4.74 Å². The zero-order valence-electron chi connectivity index (χ0n) is 9.32. The topological polar surface area (TPSA) is 55.6 Å². The molecule has 2 N–H and O–H groups in total. The summed E-state index contributed by atoms with van der Waals surface area (Å²) < 4.78 is 5.05. The first kappa shape index (κ1) is 10.7. The van der Waals surface area contributed by atoms with Crippen LogP contribution < -0.4 is 5.73 Å². The average molecular weight is 212 g/mol. The molecule has 0 radical (unpaired) electrons. The van der Waals surface area contributed by atoms with Crippen molar-refractivity contribution in [1.29, 1.82) is 0 Å². The summed E-state index contributed by atoms with van der Waals surface area (Å²) in [6.45, 7) is 3.39. The number of nitrogens with two attached hydrogens (primary N) is 1. The van der Waals surface area contributed by atoms with Gasteiger partial charge in [0.25, 0.3) is 0 Å². The first-order valence-corrected chi connectivity index (χ1v) is 5.87. The Morgan fingerprint density at radius 3 is 2.53 bits per heavy atom. The average Bonchev–Trinajstić information content (AvgIpc) is 2.59. The number of rotatable bonds is 2. The summed E-state index contributed by atoms with van der Waals surface area (Å²) in [5, 5.41) is 0. The molecule has 1 atom stereocenters. The lowest BCUT2D eigenvalue weighted by Crippen LogP contribution is -2.43. The van der Waals surface area contributed by atoms with E-state index in [0.717, 1.165) is 32.2 Å². The van der Waals surface area contributed by atoms with Gasteiger partial charge in [0.15, 0.2) is 0 Å². The van der Waals surface area contributed by atoms with Gasteiger partial charge >= 0.3 is 6.09 Å². The number of hydrogen-bond donors (Lipinski definition) is 1. The predicted molar refractivity (Wildman–Crippen MR) is 57.4 cm³/mol. The van der Waals surface area contributed by atoms with Gasteiger partial charge in [-0.1, -0.05) is 0 Å². The second kappa shape index (κ2) is 4.39. The van der Waals surface area contributed by atoms with Crippen LogP contribution in [0.1, 0.15) is 32.6 Å². The predicted octanol–water partition coefficient (Wildman–Crippen LogP) is 1.34. The number of ether oxygens (including phenoxy) is 1. The monoisotopic (exact) mass is 212 g/mol. The minimum Gasteiger partial charge on any atom is -0.447 e. The first-order valence-electron chi connectivity index (χ1n) is 5.87. The van der Waals surface area contributed by atoms with Crippen molar-refractivity contribution in [2.45, 2.75) is 44.7 Å². The fourth-order valence-corrected chi connectivity index (χ4v) is 2.69. The van der Waals surface area contributed by atoms with Crippen molar-refractivity contribution < 1.29 is 9.53 Å². The van der Waals surface area contributed by atoms with Crippen LogP contribution in [0, 0.1) is 5.92 Å². The quantitative estimate of drug-likeness (QED) is 0.751. The van der Waals surface area contributed by atoms with Crippen molar-refractivity contribution in [3.05, 3.63) is 0 Å². The summed E-state index contributed by atoms with van der Waals surface area (Å²) in [5.74, 6) is 0.662. The molecular formula is C11H20N2O2. The molecule has 0 aromatic carbocycles. The molecule has 1 heterocycles. The lowest BCUT2D eigenvalue weighted by molar-refractivity contribution is 0.126. The molecule has 15 heavy (non-hydrogen) atoms. The van der Waals surface area contributed by atoms with Gasteiger partial charge in [0.05, 0.1) is 6.04 Å². The third-order valence-electron chi connectivity index (χ3n) is 3.68. The zero-order valence-corrected chi connectivity index (χ0v) is 9.32. The normalized spacial score (nSPS) is 36.8. The third kappa shape index (κ3) is 2.09. The Kier molecular flexibility index (Phi) is 3.14. The maximum Gasteiger partial charge on any atom is 0.410 e. The van der Waals surface area contributed by atoms with Crippen LogP contribution in [-0.4, -0.2) is 36.2 Å². The van der Waals surface area contributed by atoms with E-state index in [2.05, 4.69) is 6.92 Å². The minimum atomic E-state index is -0.126. The smallest absolute Gasteiger partial charge is 0.410 e. The Hall–Kier alpha value is -0.770. The van der Waals surface area contributed by atoms with E-state index in [0.29, 0.717) is 18.6 Å². The van der Waals surface area contributed by atoms with Crippen molar-refractivity contribution in [2.75, 3.05) is 13.2 Å². The largest absolute Gasteiger partial charge is 0.447 e. The number of amides is 1. The fourth-order valence-electron chi connectivity index (χ4n) is 2.69. The van der Waals surface area contributed by atoms with Crippen LogP contribution in [0.15, 0.2) is 0 Å². The van der Waals surface area contributed by atoms with Crippen molar-refractivity contribution in [3.8, 4) is 0 Å². The van der Waals surface area contributed by atoms with E-state index >= 15 is 0 Å². The Morgan fingerprint density at radius 1 is 1.40 bits per heavy atom. The highest BCUT2D eigenvalue weighted by Crippen LogP contribution is 2.30. The van der Waals surface area contributed by atoms with Crippen LogP contribution in [0.5, 0.6) is 0 Å². The molecule has 1 saturated carbocycles. The molecule has 1 saturated heterocycles. The molecule has 2 rings (SSSR count). The molecule has 4 heteroatoms. The molecule has 0 aromatic rings. The van der Waals surface area contributed by atoms with Crippen molar-refractivity contribution in [3.63, 3.8) is 0 Å². The molecule has 2 fully saturated rings. The molecule has 86 valence electrons. The van der Waals surface area contributed by atoms with E-state index < -0.39 is 0 Å². The summed E-state index contributed by atoms with van der Waals surface area (Å²) in [4.78, 5) is 13.4. The van der Waals surface area contributed by atoms with Gasteiger partial charge in [0.1, 0.15) is 6.61 Å². The Balaban J connectivity index is 1.92. The molecular weight excluding hydrogens is 192 g/mol. The first-order chi connectivity index (χ1) is 7.22. The second-order valence-electron chi connectivity index (χ2n) is 4.74. The Bertz CT molecular complexity index is 237. The minimum absolute atomic E-state index is 0.126. The van der Waals surface area contributed by atoms with Gasteiger partial charge in [-0.25, -0.2) is 4.79 Å². The van der Waals surface area contributed by atoms with Gasteiger partial charge < -0.3 is 10.5 Å². The SMILES string of the molecule is CC1COC(=O)N1C1CCC(CN)CC1. The maximum atomic E-state index is 11.5. The lowest BCUT2D eigenvalue weighted by atomic mass is 9.85. The number of hydrogen-bond acceptors (Lipinski definition) is 3. The number of cyclic esters (lactones) is 1. The van der Waals surface area contributed by atoms with E-state index in [1.165, 1.54) is 0 Å². The molecule has 1 aliphatic carbocycles. The van der Waals surface area contributed by atoms with Crippen LogP contribution in [0.25, 0.3) is 0 Å². The van der Waals surface area contributed by atoms with E-state index in [1.54, 1.807) is 0 Å². The highest BCUT2D eigenvalue weighted by Gasteiger charge is 2.36. The van der Waals surface area contributed by atoms with Gasteiger partial charge in [0.2, 0.25) is 0 Å². The Labute approximate surface area is 90.8 Å².